The Morgan fingerprint density at radius 2 is 1.27 bits per heavy atom. The van der Waals surface area contributed by atoms with Crippen molar-refractivity contribution in [1.82, 2.24) is 0 Å². The molecule has 0 heterocycles. The van der Waals surface area contributed by atoms with Crippen molar-refractivity contribution < 1.29 is 17.1 Å². The van der Waals surface area contributed by atoms with Gasteiger partial charge >= 0.3 is 17.1 Å². The molecule has 26 heavy (non-hydrogen) atoms. The van der Waals surface area contributed by atoms with E-state index in [0.717, 1.165) is 25.1 Å². The summed E-state index contributed by atoms with van der Waals surface area (Å²) in [6, 6.07) is 2.14. The second-order valence-electron chi connectivity index (χ2n) is 10.6. The highest BCUT2D eigenvalue weighted by Crippen LogP contribution is 2.32. The summed E-state index contributed by atoms with van der Waals surface area (Å²) in [5, 5.41) is 0. The van der Waals surface area contributed by atoms with Gasteiger partial charge in [0.05, 0.1) is 0 Å². The summed E-state index contributed by atoms with van der Waals surface area (Å²) in [7, 11) is -7.33. The maximum atomic E-state index is 7.05. The first-order chi connectivity index (χ1) is 11.4. The number of methoxy groups -OCH3 is 1. The minimum Gasteiger partial charge on any atom is -0.437 e. The first kappa shape index (κ1) is 26.9. The second kappa shape index (κ2) is 10.1. The van der Waals surface area contributed by atoms with Gasteiger partial charge in [0.15, 0.2) is 16.6 Å². The Bertz CT molecular complexity index is 422. The third-order valence-electron chi connectivity index (χ3n) is 4.08. The Balaban J connectivity index is 5.37. The average molecular weight is 455 g/mol. The molecule has 0 rings (SSSR count). The van der Waals surface area contributed by atoms with E-state index >= 15 is 0 Å². The van der Waals surface area contributed by atoms with Crippen LogP contribution in [0.1, 0.15) is 13.3 Å². The van der Waals surface area contributed by atoms with Crippen LogP contribution in [0, 0.1) is 0 Å². The molecule has 158 valence electrons. The lowest BCUT2D eigenvalue weighted by Crippen LogP contribution is -2.58. The lowest BCUT2D eigenvalue weighted by molar-refractivity contribution is 0.197. The minimum atomic E-state index is -2.25. The minimum absolute atomic E-state index is 0.821. The molecule has 0 amide bonds. The van der Waals surface area contributed by atoms with Gasteiger partial charge in [-0.3, -0.25) is 0 Å². The molecule has 0 aliphatic rings. The SMILES string of the molecule is CC[Si](C)(O[Si](C)(CCCOC)C[Si](C)(C)C)O[Si](C)(C)O[Si](C)(C)C. The second-order valence-corrected chi connectivity index (χ2v) is 33.0. The maximum Gasteiger partial charge on any atom is 0.315 e. The zero-order chi connectivity index (χ0) is 20.9. The molecule has 0 fully saturated rings. The molecule has 0 aromatic heterocycles. The molecule has 0 aliphatic heterocycles. The summed E-state index contributed by atoms with van der Waals surface area (Å²) in [6.45, 7) is 26.2. The van der Waals surface area contributed by atoms with Gasteiger partial charge in [0.1, 0.15) is 0 Å². The van der Waals surface area contributed by atoms with Crippen molar-refractivity contribution in [2.24, 2.45) is 0 Å². The summed E-state index contributed by atoms with van der Waals surface area (Å²) >= 11 is 0. The first-order valence-electron chi connectivity index (χ1n) is 10.0. The van der Waals surface area contributed by atoms with Crippen LogP contribution in [-0.2, 0) is 17.1 Å². The lowest BCUT2D eigenvalue weighted by atomic mass is 10.5. The summed E-state index contributed by atoms with van der Waals surface area (Å²) in [5.74, 6) is 0. The molecule has 2 unspecified atom stereocenters. The van der Waals surface area contributed by atoms with E-state index in [2.05, 4.69) is 72.4 Å². The summed E-state index contributed by atoms with van der Waals surface area (Å²) < 4.78 is 25.6. The van der Waals surface area contributed by atoms with Crippen LogP contribution in [0.5, 0.6) is 0 Å². The van der Waals surface area contributed by atoms with Gasteiger partial charge in [-0.2, -0.15) is 0 Å². The normalized spacial score (nSPS) is 18.5. The van der Waals surface area contributed by atoms with Crippen molar-refractivity contribution in [1.29, 1.82) is 0 Å². The number of rotatable bonds is 13. The molecule has 0 saturated heterocycles. The van der Waals surface area contributed by atoms with Crippen LogP contribution in [0.3, 0.4) is 0 Å². The van der Waals surface area contributed by atoms with Crippen LogP contribution in [-0.4, -0.2) is 55.5 Å². The number of hydrogen-bond acceptors (Lipinski definition) is 4. The molecule has 0 aliphatic carbocycles. The fraction of sp³-hybridized carbons (Fsp3) is 1.00. The van der Waals surface area contributed by atoms with Crippen LogP contribution in [0.15, 0.2) is 0 Å². The Kier molecular flexibility index (Phi) is 10.5. The largest absolute Gasteiger partial charge is 0.437 e. The van der Waals surface area contributed by atoms with Crippen LogP contribution in [0.25, 0.3) is 0 Å². The van der Waals surface area contributed by atoms with E-state index in [1.807, 2.05) is 0 Å². The van der Waals surface area contributed by atoms with Crippen LogP contribution in [0.2, 0.25) is 83.2 Å². The quantitative estimate of drug-likeness (QED) is 0.247. The zero-order valence-electron chi connectivity index (χ0n) is 19.7. The predicted molar refractivity (Wildman–Crippen MR) is 127 cm³/mol. The van der Waals surface area contributed by atoms with Gasteiger partial charge < -0.3 is 17.1 Å². The average Bonchev–Trinajstić information content (AvgIpc) is 2.32. The van der Waals surface area contributed by atoms with Crippen molar-refractivity contribution in [2.45, 2.75) is 96.6 Å². The van der Waals surface area contributed by atoms with Crippen molar-refractivity contribution >= 4 is 41.8 Å². The highest BCUT2D eigenvalue weighted by molar-refractivity contribution is 6.96. The monoisotopic (exact) mass is 454 g/mol. The van der Waals surface area contributed by atoms with E-state index in [-0.39, 0.29) is 0 Å². The van der Waals surface area contributed by atoms with Crippen molar-refractivity contribution in [2.75, 3.05) is 13.7 Å². The molecule has 9 heteroatoms. The van der Waals surface area contributed by atoms with Crippen molar-refractivity contribution in [3.8, 4) is 0 Å². The van der Waals surface area contributed by atoms with Crippen LogP contribution < -0.4 is 0 Å². The number of ether oxygens (including phenoxy) is 1. The summed E-state index contributed by atoms with van der Waals surface area (Å²) in [4.78, 5) is 0. The summed E-state index contributed by atoms with van der Waals surface area (Å²) in [5.41, 5.74) is 1.28. The topological polar surface area (TPSA) is 36.9 Å². The number of hydrogen-bond donors (Lipinski definition) is 0. The van der Waals surface area contributed by atoms with Crippen molar-refractivity contribution in [3.05, 3.63) is 0 Å². The Morgan fingerprint density at radius 3 is 1.65 bits per heavy atom. The molecular formula is C17H46O4Si5. The van der Waals surface area contributed by atoms with E-state index in [0.29, 0.717) is 0 Å². The maximum absolute atomic E-state index is 7.05. The molecule has 0 aromatic carbocycles. The van der Waals surface area contributed by atoms with Gasteiger partial charge in [-0.15, -0.1) is 0 Å². The van der Waals surface area contributed by atoms with Crippen LogP contribution in [0.4, 0.5) is 0 Å². The molecular weight excluding hydrogens is 409 g/mol. The van der Waals surface area contributed by atoms with E-state index in [1.165, 1.54) is 5.67 Å². The van der Waals surface area contributed by atoms with E-state index in [4.69, 9.17) is 17.1 Å². The third kappa shape index (κ3) is 12.4. The van der Waals surface area contributed by atoms with Gasteiger partial charge in [-0.1, -0.05) is 26.6 Å². The Labute approximate surface area is 169 Å². The fourth-order valence-corrected chi connectivity index (χ4v) is 32.2. The predicted octanol–water partition coefficient (Wildman–Crippen LogP) is 6.15. The molecule has 0 bridgehead atoms. The molecule has 0 aromatic rings. The lowest BCUT2D eigenvalue weighted by Gasteiger charge is -2.44. The molecule has 2 atom stereocenters. The van der Waals surface area contributed by atoms with Crippen LogP contribution >= 0.6 is 0 Å². The molecule has 0 radical (unpaired) electrons. The zero-order valence-corrected chi connectivity index (χ0v) is 24.7. The summed E-state index contributed by atoms with van der Waals surface area (Å²) in [6.07, 6.45) is 1.09. The van der Waals surface area contributed by atoms with E-state index in [9.17, 15) is 0 Å². The first-order valence-corrected chi connectivity index (χ1v) is 25.3. The van der Waals surface area contributed by atoms with Gasteiger partial charge in [-0.05, 0) is 70.0 Å². The van der Waals surface area contributed by atoms with Gasteiger partial charge in [0, 0.05) is 21.8 Å². The standard InChI is InChI=1S/C17H46O4Si5/c1-13-26(12,20-24(9,10)19-23(6,7)8)21-25(11,16-14-15-18-2)17-22(3,4)5/h13-17H2,1-12H3. The Morgan fingerprint density at radius 1 is 0.731 bits per heavy atom. The van der Waals surface area contributed by atoms with Gasteiger partial charge in [0.2, 0.25) is 0 Å². The van der Waals surface area contributed by atoms with Gasteiger partial charge in [-0.25, -0.2) is 0 Å². The van der Waals surface area contributed by atoms with Crippen molar-refractivity contribution in [3.63, 3.8) is 0 Å². The highest BCUT2D eigenvalue weighted by atomic mass is 28.5. The molecule has 0 spiro atoms. The molecule has 4 nitrogen and oxygen atoms in total. The van der Waals surface area contributed by atoms with Gasteiger partial charge in [0.25, 0.3) is 0 Å². The third-order valence-corrected chi connectivity index (χ3v) is 25.8. The van der Waals surface area contributed by atoms with E-state index in [1.54, 1.807) is 7.11 Å². The fourth-order valence-electron chi connectivity index (χ4n) is 3.85. The highest BCUT2D eigenvalue weighted by Gasteiger charge is 2.46. The molecule has 0 saturated carbocycles. The Hall–Kier alpha value is 0.924. The van der Waals surface area contributed by atoms with E-state index < -0.39 is 41.8 Å². The smallest absolute Gasteiger partial charge is 0.315 e. The molecule has 0 N–H and O–H groups in total.